The van der Waals surface area contributed by atoms with Crippen molar-refractivity contribution in [2.24, 2.45) is 0 Å². The highest BCUT2D eigenvalue weighted by Gasteiger charge is 2.32. The lowest BCUT2D eigenvalue weighted by Gasteiger charge is -2.15. The largest absolute Gasteiger partial charge is 0.416 e. The Kier molecular flexibility index (Phi) is 7.64. The minimum absolute atomic E-state index is 0. The van der Waals surface area contributed by atoms with Crippen LogP contribution in [0.5, 0.6) is 0 Å². The predicted octanol–water partition coefficient (Wildman–Crippen LogP) is 5.81. The molecule has 4 aromatic rings. The molecule has 178 valence electrons. The minimum atomic E-state index is -4.64. The van der Waals surface area contributed by atoms with E-state index in [1.165, 1.54) is 34.5 Å². The minimum Gasteiger partial charge on any atom is -0.342 e. The second kappa shape index (κ2) is 10.1. The summed E-state index contributed by atoms with van der Waals surface area (Å²) >= 11 is 7.03. The fourth-order valence-electron chi connectivity index (χ4n) is 3.04. The maximum absolute atomic E-state index is 13.2. The molecule has 0 aliphatic rings. The number of carbonyl (C=O) groups is 1. The van der Waals surface area contributed by atoms with Crippen molar-refractivity contribution in [2.45, 2.75) is 19.1 Å². The third-order valence-corrected chi connectivity index (χ3v) is 5.64. The first-order valence-electron chi connectivity index (χ1n) is 9.42. The Balaban J connectivity index is 0.00000324. The molecule has 4 rings (SSSR count). The van der Waals surface area contributed by atoms with Crippen molar-refractivity contribution >= 4 is 42.3 Å². The lowest BCUT2D eigenvalue weighted by Crippen LogP contribution is -2.29. The smallest absolute Gasteiger partial charge is 0.342 e. The summed E-state index contributed by atoms with van der Waals surface area (Å²) in [6.07, 6.45) is -3.36. The molecule has 2 aromatic carbocycles. The summed E-state index contributed by atoms with van der Waals surface area (Å²) in [6, 6.07) is 7.76. The van der Waals surface area contributed by atoms with Crippen molar-refractivity contribution in [1.82, 2.24) is 25.1 Å². The molecule has 0 radical (unpaired) electrons. The van der Waals surface area contributed by atoms with E-state index in [9.17, 15) is 22.4 Å². The molecule has 2 aromatic heterocycles. The first-order chi connectivity index (χ1) is 15.6. The van der Waals surface area contributed by atoms with E-state index in [0.717, 1.165) is 18.2 Å². The van der Waals surface area contributed by atoms with Crippen LogP contribution in [0.3, 0.4) is 0 Å². The van der Waals surface area contributed by atoms with Gasteiger partial charge in [-0.2, -0.15) is 36.4 Å². The van der Waals surface area contributed by atoms with E-state index < -0.39 is 23.7 Å². The van der Waals surface area contributed by atoms with E-state index >= 15 is 0 Å². The van der Waals surface area contributed by atoms with E-state index in [1.54, 1.807) is 24.4 Å². The van der Waals surface area contributed by atoms with Crippen LogP contribution in [-0.4, -0.2) is 25.7 Å². The van der Waals surface area contributed by atoms with Crippen molar-refractivity contribution in [3.8, 4) is 16.4 Å². The van der Waals surface area contributed by atoms with Gasteiger partial charge in [-0.15, -0.1) is 11.3 Å². The highest BCUT2D eigenvalue weighted by molar-refractivity contribution is 7.59. The molecule has 2 heterocycles. The maximum Gasteiger partial charge on any atom is 0.416 e. The van der Waals surface area contributed by atoms with Crippen LogP contribution in [0.4, 0.5) is 17.6 Å². The zero-order chi connectivity index (χ0) is 23.8. The molecule has 0 aliphatic carbocycles. The Morgan fingerprint density at radius 2 is 1.88 bits per heavy atom. The Labute approximate surface area is 207 Å². The molecule has 0 unspecified atom stereocenters. The molecule has 1 atom stereocenters. The zero-order valence-corrected chi connectivity index (χ0v) is 19.8. The van der Waals surface area contributed by atoms with Gasteiger partial charge in [0, 0.05) is 21.5 Å². The molecule has 1 N–H and O–H groups in total. The molecule has 0 bridgehead atoms. The van der Waals surface area contributed by atoms with Gasteiger partial charge in [-0.05, 0) is 49.4 Å². The number of thiazole rings is 1. The number of benzene rings is 2. The highest BCUT2D eigenvalue weighted by atomic mass is 35.5. The summed E-state index contributed by atoms with van der Waals surface area (Å²) in [7, 11) is 0. The van der Waals surface area contributed by atoms with Crippen molar-refractivity contribution in [1.29, 1.82) is 0 Å². The monoisotopic (exact) mass is 529 g/mol. The molecule has 0 spiro atoms. The molecule has 13 heteroatoms. The van der Waals surface area contributed by atoms with Crippen LogP contribution in [0.2, 0.25) is 5.02 Å². The highest BCUT2D eigenvalue weighted by Crippen LogP contribution is 2.32. The van der Waals surface area contributed by atoms with Crippen LogP contribution in [-0.2, 0) is 6.18 Å². The number of halogens is 5. The van der Waals surface area contributed by atoms with Gasteiger partial charge in [0.05, 0.1) is 17.3 Å². The van der Waals surface area contributed by atoms with Crippen LogP contribution < -0.4 is 5.32 Å². The van der Waals surface area contributed by atoms with Crippen molar-refractivity contribution < 1.29 is 22.4 Å². The summed E-state index contributed by atoms with van der Waals surface area (Å²) in [4.78, 5) is 21.2. The first-order valence-corrected chi connectivity index (χ1v) is 10.7. The summed E-state index contributed by atoms with van der Waals surface area (Å²) < 4.78 is 53.7. The van der Waals surface area contributed by atoms with Crippen LogP contribution in [0.15, 0.2) is 54.2 Å². The summed E-state index contributed by atoms with van der Waals surface area (Å²) in [5.74, 6) is -0.794. The van der Waals surface area contributed by atoms with E-state index in [1.807, 2.05) is 0 Å². The van der Waals surface area contributed by atoms with Gasteiger partial charge in [0.15, 0.2) is 5.82 Å². The SMILES string of the molecule is C[C@H](NC(=O)c1cc(Cl)cc(C(F)(F)F)c1)c1ncnn1-c1nc(-c2ccc(F)cc2)cs1.S. The van der Waals surface area contributed by atoms with E-state index in [4.69, 9.17) is 11.6 Å². The standard InChI is InChI=1S/C21H14ClF4N5OS.H2S/c1-11(29-19(32)13-6-14(21(24,25)26)8-15(22)7-13)18-27-10-28-31(18)20-30-17(9-33-20)12-2-4-16(23)5-3-12;/h2-11H,1H3,(H,29,32);1H2/t11-;/m0./s1. The summed E-state index contributed by atoms with van der Waals surface area (Å²) in [5.41, 5.74) is 0.0581. The maximum atomic E-state index is 13.2. The predicted molar refractivity (Wildman–Crippen MR) is 125 cm³/mol. The van der Waals surface area contributed by atoms with Gasteiger partial charge in [-0.1, -0.05) is 11.6 Å². The van der Waals surface area contributed by atoms with Gasteiger partial charge >= 0.3 is 6.18 Å². The van der Waals surface area contributed by atoms with Crippen molar-refractivity contribution in [3.05, 3.63) is 82.0 Å². The lowest BCUT2D eigenvalue weighted by atomic mass is 10.1. The van der Waals surface area contributed by atoms with Gasteiger partial charge in [-0.25, -0.2) is 14.4 Å². The van der Waals surface area contributed by atoms with E-state index in [2.05, 4.69) is 20.4 Å². The molecule has 0 aliphatic heterocycles. The molecule has 0 saturated heterocycles. The fourth-order valence-corrected chi connectivity index (χ4v) is 4.07. The van der Waals surface area contributed by atoms with E-state index in [-0.39, 0.29) is 29.9 Å². The average molecular weight is 530 g/mol. The summed E-state index contributed by atoms with van der Waals surface area (Å²) in [6.45, 7) is 1.61. The zero-order valence-electron chi connectivity index (χ0n) is 17.3. The van der Waals surface area contributed by atoms with Crippen LogP contribution >= 0.6 is 36.4 Å². The number of carbonyl (C=O) groups excluding carboxylic acids is 1. The Hall–Kier alpha value is -2.96. The third-order valence-electron chi connectivity index (χ3n) is 4.61. The molecular formula is C21H16ClF4N5OS2. The van der Waals surface area contributed by atoms with Crippen molar-refractivity contribution in [3.63, 3.8) is 0 Å². The van der Waals surface area contributed by atoms with Crippen molar-refractivity contribution in [2.75, 3.05) is 0 Å². The quantitative estimate of drug-likeness (QED) is 0.331. The van der Waals surface area contributed by atoms with Crippen LogP contribution in [0.25, 0.3) is 16.4 Å². The Bertz CT molecular complexity index is 1310. The number of hydrogen-bond acceptors (Lipinski definition) is 5. The van der Waals surface area contributed by atoms with Crippen LogP contribution in [0, 0.1) is 5.82 Å². The topological polar surface area (TPSA) is 72.7 Å². The van der Waals surface area contributed by atoms with Gasteiger partial charge in [-0.3, -0.25) is 4.79 Å². The average Bonchev–Trinajstić information content (AvgIpc) is 3.43. The molecule has 0 fully saturated rings. The number of hydrogen-bond donors (Lipinski definition) is 1. The van der Waals surface area contributed by atoms with Gasteiger partial charge in [0.25, 0.3) is 5.91 Å². The Morgan fingerprint density at radius 1 is 1.18 bits per heavy atom. The number of aromatic nitrogens is 4. The molecule has 6 nitrogen and oxygen atoms in total. The lowest BCUT2D eigenvalue weighted by molar-refractivity contribution is -0.137. The third kappa shape index (κ3) is 5.57. The molecule has 0 saturated carbocycles. The fraction of sp³-hybridized carbons (Fsp3) is 0.143. The number of alkyl halides is 3. The molecule has 1 amide bonds. The number of nitrogens with zero attached hydrogens (tertiary/aromatic N) is 4. The second-order valence-electron chi connectivity index (χ2n) is 6.97. The number of nitrogens with one attached hydrogen (secondary N) is 1. The number of rotatable bonds is 5. The molecular weight excluding hydrogens is 514 g/mol. The van der Waals surface area contributed by atoms with Gasteiger partial charge in [0.1, 0.15) is 12.1 Å². The normalized spacial score (nSPS) is 12.2. The second-order valence-corrected chi connectivity index (χ2v) is 8.25. The van der Waals surface area contributed by atoms with E-state index in [0.29, 0.717) is 22.2 Å². The van der Waals surface area contributed by atoms with Crippen LogP contribution in [0.1, 0.15) is 34.7 Å². The van der Waals surface area contributed by atoms with Gasteiger partial charge in [0.2, 0.25) is 5.13 Å². The Morgan fingerprint density at radius 3 is 2.56 bits per heavy atom. The van der Waals surface area contributed by atoms with Gasteiger partial charge < -0.3 is 5.32 Å². The number of amides is 1. The first kappa shape index (κ1) is 25.7. The summed E-state index contributed by atoms with van der Waals surface area (Å²) in [5, 5.41) is 8.76. The molecule has 34 heavy (non-hydrogen) atoms.